The Morgan fingerprint density at radius 3 is 2.43 bits per heavy atom. The number of carbonyl (C=O) groups excluding carboxylic acids is 2. The standard InChI is InChI=1S/C21H19F3N4O2/c1-2-11-27(13-18(29)26-17-9-8-16(22)19(23)20(17)24)21(30)14-4-6-15(7-5-14)28-12-3-10-25-28/h3-10,12H,2,11,13H2,1H3,(H,26,29). The van der Waals surface area contributed by atoms with E-state index in [0.29, 0.717) is 18.1 Å². The quantitative estimate of drug-likeness (QED) is 0.596. The lowest BCUT2D eigenvalue weighted by Gasteiger charge is -2.22. The highest BCUT2D eigenvalue weighted by Gasteiger charge is 2.20. The Morgan fingerprint density at radius 1 is 1.07 bits per heavy atom. The maximum atomic E-state index is 13.8. The summed E-state index contributed by atoms with van der Waals surface area (Å²) in [6, 6.07) is 10.1. The predicted octanol–water partition coefficient (Wildman–Crippen LogP) is 3.78. The van der Waals surface area contributed by atoms with Gasteiger partial charge in [-0.15, -0.1) is 0 Å². The number of nitrogens with zero attached hydrogens (tertiary/aromatic N) is 3. The second-order valence-electron chi connectivity index (χ2n) is 6.50. The molecule has 0 spiro atoms. The Kier molecular flexibility index (Phi) is 6.51. The van der Waals surface area contributed by atoms with Crippen LogP contribution in [-0.4, -0.2) is 39.6 Å². The van der Waals surface area contributed by atoms with Crippen molar-refractivity contribution < 1.29 is 22.8 Å². The van der Waals surface area contributed by atoms with E-state index in [4.69, 9.17) is 0 Å². The molecule has 3 rings (SSSR count). The molecule has 0 aliphatic rings. The van der Waals surface area contributed by atoms with E-state index in [1.54, 1.807) is 47.4 Å². The van der Waals surface area contributed by atoms with Gasteiger partial charge in [0.1, 0.15) is 6.54 Å². The second kappa shape index (κ2) is 9.25. The first-order chi connectivity index (χ1) is 14.4. The molecule has 3 aromatic rings. The SMILES string of the molecule is CCCN(CC(=O)Nc1ccc(F)c(F)c1F)C(=O)c1ccc(-n2cccn2)cc1. The van der Waals surface area contributed by atoms with Gasteiger partial charge >= 0.3 is 0 Å². The Morgan fingerprint density at radius 2 is 1.80 bits per heavy atom. The highest BCUT2D eigenvalue weighted by atomic mass is 19.2. The van der Waals surface area contributed by atoms with E-state index in [1.165, 1.54) is 4.90 Å². The summed E-state index contributed by atoms with van der Waals surface area (Å²) >= 11 is 0. The van der Waals surface area contributed by atoms with Crippen molar-refractivity contribution in [1.82, 2.24) is 14.7 Å². The number of hydrogen-bond donors (Lipinski definition) is 1. The molecule has 1 aromatic heterocycles. The predicted molar refractivity (Wildman–Crippen MR) is 105 cm³/mol. The minimum Gasteiger partial charge on any atom is -0.329 e. The molecule has 9 heteroatoms. The molecule has 0 saturated carbocycles. The lowest BCUT2D eigenvalue weighted by Crippen LogP contribution is -2.38. The zero-order chi connectivity index (χ0) is 21.7. The van der Waals surface area contributed by atoms with Crippen molar-refractivity contribution in [3.05, 3.63) is 77.9 Å². The van der Waals surface area contributed by atoms with E-state index in [1.807, 2.05) is 6.92 Å². The summed E-state index contributed by atoms with van der Waals surface area (Å²) in [5, 5.41) is 6.29. The molecule has 1 N–H and O–H groups in total. The minimum absolute atomic E-state index is 0.285. The third-order valence-electron chi connectivity index (χ3n) is 4.31. The van der Waals surface area contributed by atoms with Crippen molar-refractivity contribution in [2.75, 3.05) is 18.4 Å². The summed E-state index contributed by atoms with van der Waals surface area (Å²) in [6.45, 7) is 1.76. The molecule has 2 amide bonds. The monoisotopic (exact) mass is 416 g/mol. The van der Waals surface area contributed by atoms with Gasteiger partial charge in [-0.3, -0.25) is 9.59 Å². The average Bonchev–Trinajstić information content (AvgIpc) is 3.28. The molecule has 156 valence electrons. The molecule has 0 atom stereocenters. The largest absolute Gasteiger partial charge is 0.329 e. The van der Waals surface area contributed by atoms with Crippen molar-refractivity contribution in [1.29, 1.82) is 0 Å². The lowest BCUT2D eigenvalue weighted by atomic mass is 10.1. The van der Waals surface area contributed by atoms with Crippen LogP contribution in [0.2, 0.25) is 0 Å². The Labute approximate surface area is 170 Å². The zero-order valence-electron chi connectivity index (χ0n) is 16.1. The third-order valence-corrected chi connectivity index (χ3v) is 4.31. The summed E-state index contributed by atoms with van der Waals surface area (Å²) in [5.74, 6) is -5.64. The smallest absolute Gasteiger partial charge is 0.254 e. The maximum Gasteiger partial charge on any atom is 0.254 e. The van der Waals surface area contributed by atoms with Crippen LogP contribution in [0.5, 0.6) is 0 Å². The Hall–Kier alpha value is -3.62. The fourth-order valence-corrected chi connectivity index (χ4v) is 2.87. The number of carbonyl (C=O) groups is 2. The molecular weight excluding hydrogens is 397 g/mol. The minimum atomic E-state index is -1.67. The molecule has 0 aliphatic carbocycles. The van der Waals surface area contributed by atoms with E-state index in [-0.39, 0.29) is 19.0 Å². The number of halogens is 3. The zero-order valence-corrected chi connectivity index (χ0v) is 16.1. The first kappa shape index (κ1) is 21.1. The van der Waals surface area contributed by atoms with Gasteiger partial charge in [0.05, 0.1) is 11.4 Å². The molecular formula is C21H19F3N4O2. The van der Waals surface area contributed by atoms with Crippen molar-refractivity contribution in [3.8, 4) is 5.69 Å². The van der Waals surface area contributed by atoms with Crippen LogP contribution in [0.1, 0.15) is 23.7 Å². The highest BCUT2D eigenvalue weighted by Crippen LogP contribution is 2.19. The van der Waals surface area contributed by atoms with Gasteiger partial charge in [0, 0.05) is 24.5 Å². The summed E-state index contributed by atoms with van der Waals surface area (Å²) in [4.78, 5) is 26.4. The normalized spacial score (nSPS) is 10.7. The van der Waals surface area contributed by atoms with Gasteiger partial charge in [0.15, 0.2) is 17.5 Å². The number of nitrogens with one attached hydrogen (secondary N) is 1. The Bertz CT molecular complexity index is 1040. The molecule has 0 radical (unpaired) electrons. The molecule has 30 heavy (non-hydrogen) atoms. The molecule has 2 aromatic carbocycles. The van der Waals surface area contributed by atoms with E-state index >= 15 is 0 Å². The second-order valence-corrected chi connectivity index (χ2v) is 6.50. The topological polar surface area (TPSA) is 67.2 Å². The average molecular weight is 416 g/mol. The van der Waals surface area contributed by atoms with Gasteiger partial charge < -0.3 is 10.2 Å². The summed E-state index contributed by atoms with van der Waals surface area (Å²) < 4.78 is 41.8. The molecule has 0 fully saturated rings. The highest BCUT2D eigenvalue weighted by molar-refractivity contribution is 5.99. The van der Waals surface area contributed by atoms with Gasteiger partial charge in [-0.2, -0.15) is 5.10 Å². The summed E-state index contributed by atoms with van der Waals surface area (Å²) in [6.07, 6.45) is 3.99. The number of amides is 2. The van der Waals surface area contributed by atoms with Crippen molar-refractivity contribution >= 4 is 17.5 Å². The van der Waals surface area contributed by atoms with Crippen LogP contribution < -0.4 is 5.32 Å². The van der Waals surface area contributed by atoms with Crippen LogP contribution in [0, 0.1) is 17.5 Å². The number of benzene rings is 2. The number of rotatable bonds is 7. The first-order valence-electron chi connectivity index (χ1n) is 9.23. The maximum absolute atomic E-state index is 13.8. The van der Waals surface area contributed by atoms with Gasteiger partial charge in [0.2, 0.25) is 5.91 Å². The van der Waals surface area contributed by atoms with Gasteiger partial charge in [0.25, 0.3) is 5.91 Å². The fourth-order valence-electron chi connectivity index (χ4n) is 2.87. The number of hydrogen-bond acceptors (Lipinski definition) is 3. The van der Waals surface area contributed by atoms with E-state index in [9.17, 15) is 22.8 Å². The fraction of sp³-hybridized carbons (Fsp3) is 0.190. The van der Waals surface area contributed by atoms with Crippen molar-refractivity contribution in [3.63, 3.8) is 0 Å². The lowest BCUT2D eigenvalue weighted by molar-refractivity contribution is -0.116. The van der Waals surface area contributed by atoms with E-state index in [0.717, 1.165) is 11.8 Å². The van der Waals surface area contributed by atoms with Gasteiger partial charge in [-0.1, -0.05) is 6.92 Å². The van der Waals surface area contributed by atoms with Crippen molar-refractivity contribution in [2.24, 2.45) is 0 Å². The van der Waals surface area contributed by atoms with Crippen LogP contribution in [0.4, 0.5) is 18.9 Å². The van der Waals surface area contributed by atoms with Crippen LogP contribution in [0.15, 0.2) is 54.9 Å². The van der Waals surface area contributed by atoms with Crippen LogP contribution in [0.25, 0.3) is 5.69 Å². The first-order valence-corrected chi connectivity index (χ1v) is 9.23. The molecule has 1 heterocycles. The van der Waals surface area contributed by atoms with E-state index < -0.39 is 29.0 Å². The summed E-state index contributed by atoms with van der Waals surface area (Å²) in [5.41, 5.74) is 0.641. The Balaban J connectivity index is 1.71. The molecule has 0 saturated heterocycles. The van der Waals surface area contributed by atoms with Gasteiger partial charge in [-0.05, 0) is 48.9 Å². The number of anilines is 1. The van der Waals surface area contributed by atoms with Crippen molar-refractivity contribution in [2.45, 2.75) is 13.3 Å². The summed E-state index contributed by atoms with van der Waals surface area (Å²) in [7, 11) is 0. The molecule has 0 unspecified atom stereocenters. The third kappa shape index (κ3) is 4.68. The van der Waals surface area contributed by atoms with Crippen LogP contribution in [0.3, 0.4) is 0 Å². The van der Waals surface area contributed by atoms with Crippen LogP contribution in [-0.2, 0) is 4.79 Å². The molecule has 0 bridgehead atoms. The molecule has 6 nitrogen and oxygen atoms in total. The number of aromatic nitrogens is 2. The van der Waals surface area contributed by atoms with E-state index in [2.05, 4.69) is 10.4 Å². The van der Waals surface area contributed by atoms with Gasteiger partial charge in [-0.25, -0.2) is 17.9 Å². The molecule has 0 aliphatic heterocycles. The van der Waals surface area contributed by atoms with Crippen LogP contribution >= 0.6 is 0 Å².